The van der Waals surface area contributed by atoms with Crippen molar-refractivity contribution >= 4 is 10.1 Å². The molecule has 0 unspecified atom stereocenters. The van der Waals surface area contributed by atoms with Crippen LogP contribution in [0.4, 0.5) is 13.2 Å². The molecule has 0 bridgehead atoms. The lowest BCUT2D eigenvalue weighted by atomic mass is 9.76. The molecule has 0 fully saturated rings. The van der Waals surface area contributed by atoms with E-state index < -0.39 is 15.6 Å². The Bertz CT molecular complexity index is 432. The number of rotatable bonds is 2. The van der Waals surface area contributed by atoms with E-state index in [0.717, 1.165) is 6.42 Å². The monoisotopic (exact) mass is 272 g/mol. The Morgan fingerprint density at radius 2 is 1.82 bits per heavy atom. The molecule has 0 aliphatic heterocycles. The van der Waals surface area contributed by atoms with Crippen LogP contribution < -0.4 is 0 Å². The van der Waals surface area contributed by atoms with Gasteiger partial charge in [-0.25, -0.2) is 0 Å². The smallest absolute Gasteiger partial charge is 0.381 e. The van der Waals surface area contributed by atoms with E-state index in [4.69, 9.17) is 0 Å². The molecule has 0 radical (unpaired) electrons. The van der Waals surface area contributed by atoms with Gasteiger partial charge in [0.05, 0.1) is 0 Å². The average Bonchev–Trinajstić information content (AvgIpc) is 2.10. The van der Waals surface area contributed by atoms with Crippen LogP contribution in [0.5, 0.6) is 0 Å². The molecule has 0 saturated heterocycles. The molecule has 7 heteroatoms. The van der Waals surface area contributed by atoms with Crippen LogP contribution in [0.2, 0.25) is 0 Å². The van der Waals surface area contributed by atoms with Crippen molar-refractivity contribution in [2.45, 2.75) is 45.5 Å². The highest BCUT2D eigenvalue weighted by atomic mass is 32.2. The fraction of sp³-hybridized carbons (Fsp3) is 0.800. The Morgan fingerprint density at radius 3 is 2.29 bits per heavy atom. The number of alkyl halides is 3. The van der Waals surface area contributed by atoms with E-state index in [1.807, 2.05) is 13.8 Å². The highest BCUT2D eigenvalue weighted by Crippen LogP contribution is 2.41. The van der Waals surface area contributed by atoms with E-state index in [0.29, 0.717) is 12.0 Å². The second kappa shape index (κ2) is 4.19. The summed E-state index contributed by atoms with van der Waals surface area (Å²) in [6.07, 6.45) is 1.65. The van der Waals surface area contributed by atoms with Crippen molar-refractivity contribution in [3.05, 3.63) is 11.3 Å². The zero-order valence-corrected chi connectivity index (χ0v) is 10.7. The van der Waals surface area contributed by atoms with E-state index in [9.17, 15) is 21.6 Å². The fourth-order valence-corrected chi connectivity index (χ4v) is 2.29. The first-order chi connectivity index (χ1) is 7.47. The maximum Gasteiger partial charge on any atom is 0.534 e. The maximum atomic E-state index is 12.2. The minimum Gasteiger partial charge on any atom is -0.381 e. The van der Waals surface area contributed by atoms with Crippen LogP contribution in [0.3, 0.4) is 0 Å². The Labute approximate surface area is 98.8 Å². The van der Waals surface area contributed by atoms with Gasteiger partial charge in [0.15, 0.2) is 0 Å². The van der Waals surface area contributed by atoms with Crippen molar-refractivity contribution < 1.29 is 25.8 Å². The Kier molecular flexibility index (Phi) is 3.53. The summed E-state index contributed by atoms with van der Waals surface area (Å²) >= 11 is 0. The first kappa shape index (κ1) is 14.3. The summed E-state index contributed by atoms with van der Waals surface area (Å²) in [5.74, 6) is -0.0708. The third-order valence-corrected chi connectivity index (χ3v) is 4.12. The van der Waals surface area contributed by atoms with Crippen LogP contribution in [-0.4, -0.2) is 13.9 Å². The molecule has 0 amide bonds. The summed E-state index contributed by atoms with van der Waals surface area (Å²) in [5.41, 5.74) is -5.13. The summed E-state index contributed by atoms with van der Waals surface area (Å²) in [5, 5.41) is 0. The summed E-state index contributed by atoms with van der Waals surface area (Å²) in [4.78, 5) is 0. The molecule has 0 aromatic rings. The first-order valence-electron chi connectivity index (χ1n) is 5.18. The normalized spacial score (nSPS) is 21.5. The molecule has 1 rings (SSSR count). The summed E-state index contributed by atoms with van der Waals surface area (Å²) in [6, 6.07) is 0. The SMILES string of the molecule is CC1=C(OS(=O)(=O)C(F)(F)F)CCCC1(C)C. The van der Waals surface area contributed by atoms with Crippen molar-refractivity contribution in [1.29, 1.82) is 0 Å². The number of hydrogen-bond acceptors (Lipinski definition) is 3. The maximum absolute atomic E-state index is 12.2. The first-order valence-corrected chi connectivity index (χ1v) is 6.59. The van der Waals surface area contributed by atoms with Crippen molar-refractivity contribution in [3.8, 4) is 0 Å². The average molecular weight is 272 g/mol. The van der Waals surface area contributed by atoms with Crippen LogP contribution in [0, 0.1) is 5.41 Å². The minimum absolute atomic E-state index is 0.0708. The molecular formula is C10H15F3O3S. The zero-order chi connectivity index (χ0) is 13.5. The van der Waals surface area contributed by atoms with Gasteiger partial charge in [0.1, 0.15) is 5.76 Å². The highest BCUT2D eigenvalue weighted by Gasteiger charge is 2.49. The molecule has 3 nitrogen and oxygen atoms in total. The van der Waals surface area contributed by atoms with Crippen LogP contribution in [0.15, 0.2) is 11.3 Å². The predicted molar refractivity (Wildman–Crippen MR) is 56.4 cm³/mol. The summed E-state index contributed by atoms with van der Waals surface area (Å²) in [6.45, 7) is 5.32. The third kappa shape index (κ3) is 2.94. The van der Waals surface area contributed by atoms with Crippen LogP contribution in [0.25, 0.3) is 0 Å². The van der Waals surface area contributed by atoms with Crippen molar-refractivity contribution in [2.75, 3.05) is 0 Å². The van der Waals surface area contributed by atoms with E-state index in [2.05, 4.69) is 4.18 Å². The standard InChI is InChI=1S/C10H15F3O3S/c1-7-8(5-4-6-9(7,2)3)16-17(14,15)10(11,12)13/h4-6H2,1-3H3. The predicted octanol–water partition coefficient (Wildman–Crippen LogP) is 3.34. The van der Waals surface area contributed by atoms with E-state index in [-0.39, 0.29) is 17.6 Å². The van der Waals surface area contributed by atoms with Gasteiger partial charge in [-0.1, -0.05) is 13.8 Å². The lowest BCUT2D eigenvalue weighted by molar-refractivity contribution is -0.0526. The molecular weight excluding hydrogens is 257 g/mol. The molecule has 1 aliphatic rings. The van der Waals surface area contributed by atoms with Crippen molar-refractivity contribution in [2.24, 2.45) is 5.41 Å². The van der Waals surface area contributed by atoms with E-state index in [1.165, 1.54) is 0 Å². The molecule has 1 aliphatic carbocycles. The van der Waals surface area contributed by atoms with Gasteiger partial charge in [0.25, 0.3) is 0 Å². The van der Waals surface area contributed by atoms with Gasteiger partial charge >= 0.3 is 15.6 Å². The van der Waals surface area contributed by atoms with E-state index >= 15 is 0 Å². The summed E-state index contributed by atoms with van der Waals surface area (Å²) in [7, 11) is -5.54. The van der Waals surface area contributed by atoms with Crippen LogP contribution in [0.1, 0.15) is 40.0 Å². The van der Waals surface area contributed by atoms with Crippen LogP contribution >= 0.6 is 0 Å². The van der Waals surface area contributed by atoms with E-state index in [1.54, 1.807) is 6.92 Å². The van der Waals surface area contributed by atoms with Gasteiger partial charge in [-0.05, 0) is 30.8 Å². The summed E-state index contributed by atoms with van der Waals surface area (Å²) < 4.78 is 62.5. The molecule has 0 N–H and O–H groups in total. The Balaban J connectivity index is 3.05. The Hall–Kier alpha value is -0.720. The van der Waals surface area contributed by atoms with Crippen molar-refractivity contribution in [1.82, 2.24) is 0 Å². The highest BCUT2D eigenvalue weighted by molar-refractivity contribution is 7.87. The molecule has 17 heavy (non-hydrogen) atoms. The quantitative estimate of drug-likeness (QED) is 0.572. The van der Waals surface area contributed by atoms with Gasteiger partial charge < -0.3 is 4.18 Å². The number of hydrogen-bond donors (Lipinski definition) is 0. The van der Waals surface area contributed by atoms with Crippen molar-refractivity contribution in [3.63, 3.8) is 0 Å². The van der Waals surface area contributed by atoms with Gasteiger partial charge in [0.2, 0.25) is 0 Å². The Morgan fingerprint density at radius 1 is 1.29 bits per heavy atom. The molecule has 0 saturated carbocycles. The third-order valence-electron chi connectivity index (χ3n) is 3.13. The second-order valence-electron chi connectivity index (χ2n) is 4.77. The van der Waals surface area contributed by atoms with Gasteiger partial charge in [-0.15, -0.1) is 0 Å². The number of halogens is 3. The minimum atomic E-state index is -5.54. The largest absolute Gasteiger partial charge is 0.534 e. The van der Waals surface area contributed by atoms with Crippen LogP contribution in [-0.2, 0) is 14.3 Å². The van der Waals surface area contributed by atoms with Gasteiger partial charge in [-0.2, -0.15) is 21.6 Å². The molecule has 0 aromatic carbocycles. The lowest BCUT2D eigenvalue weighted by Crippen LogP contribution is -2.28. The molecule has 0 atom stereocenters. The fourth-order valence-electron chi connectivity index (χ4n) is 1.73. The number of allylic oxidation sites excluding steroid dienone is 2. The topological polar surface area (TPSA) is 43.4 Å². The molecule has 0 spiro atoms. The second-order valence-corrected chi connectivity index (χ2v) is 6.31. The zero-order valence-electron chi connectivity index (χ0n) is 9.89. The van der Waals surface area contributed by atoms with Gasteiger partial charge in [-0.3, -0.25) is 0 Å². The molecule has 0 heterocycles. The lowest BCUT2D eigenvalue weighted by Gasteiger charge is -2.32. The molecule has 0 aromatic heterocycles. The molecule has 100 valence electrons. The van der Waals surface area contributed by atoms with Gasteiger partial charge in [0, 0.05) is 6.42 Å².